The van der Waals surface area contributed by atoms with Crippen molar-refractivity contribution in [2.75, 3.05) is 0 Å². The van der Waals surface area contributed by atoms with Gasteiger partial charge in [-0.15, -0.1) is 0 Å². The predicted octanol–water partition coefficient (Wildman–Crippen LogP) is 5.41. The molecule has 0 spiro atoms. The van der Waals surface area contributed by atoms with Crippen LogP contribution in [0, 0.1) is 6.92 Å². The highest BCUT2D eigenvalue weighted by molar-refractivity contribution is 6.01. The molecule has 4 heteroatoms. The van der Waals surface area contributed by atoms with Crippen LogP contribution in [0.4, 0.5) is 0 Å². The van der Waals surface area contributed by atoms with E-state index in [1.807, 2.05) is 61.5 Å². The standard InChI is InChI=1S/C22H15N3O/c1-14-17-12-13-18(15-8-4-2-5-9-15)24-19(17)20-22(23-14)26-21(25-20)16-10-6-3-7-11-16/h2-13H,1H3. The van der Waals surface area contributed by atoms with Crippen molar-refractivity contribution in [3.8, 4) is 22.7 Å². The molecule has 0 aliphatic rings. The minimum atomic E-state index is 0.520. The highest BCUT2D eigenvalue weighted by Crippen LogP contribution is 2.30. The van der Waals surface area contributed by atoms with E-state index < -0.39 is 0 Å². The number of hydrogen-bond acceptors (Lipinski definition) is 4. The first-order chi connectivity index (χ1) is 12.8. The van der Waals surface area contributed by atoms with E-state index in [-0.39, 0.29) is 0 Å². The second-order valence-electron chi connectivity index (χ2n) is 6.19. The lowest BCUT2D eigenvalue weighted by atomic mass is 10.1. The fraction of sp³-hybridized carbons (Fsp3) is 0.0455. The van der Waals surface area contributed by atoms with Crippen molar-refractivity contribution in [2.45, 2.75) is 6.92 Å². The number of aromatic nitrogens is 3. The third-order valence-corrected chi connectivity index (χ3v) is 4.48. The summed E-state index contributed by atoms with van der Waals surface area (Å²) in [6, 6.07) is 24.1. The minimum absolute atomic E-state index is 0.520. The Labute approximate surface area is 150 Å². The van der Waals surface area contributed by atoms with Crippen LogP contribution in [0.15, 0.2) is 77.2 Å². The largest absolute Gasteiger partial charge is 0.418 e. The molecule has 0 atom stereocenters. The van der Waals surface area contributed by atoms with Crippen molar-refractivity contribution in [1.29, 1.82) is 0 Å². The van der Waals surface area contributed by atoms with E-state index in [1.165, 1.54) is 0 Å². The second-order valence-corrected chi connectivity index (χ2v) is 6.19. The van der Waals surface area contributed by atoms with Crippen LogP contribution >= 0.6 is 0 Å². The van der Waals surface area contributed by atoms with Crippen LogP contribution < -0.4 is 0 Å². The first-order valence-corrected chi connectivity index (χ1v) is 8.48. The molecule has 4 nitrogen and oxygen atoms in total. The summed E-state index contributed by atoms with van der Waals surface area (Å²) in [5, 5.41) is 0.991. The Balaban J connectivity index is 1.78. The summed E-state index contributed by atoms with van der Waals surface area (Å²) < 4.78 is 5.93. The summed E-state index contributed by atoms with van der Waals surface area (Å²) in [5.74, 6) is 0.562. The maximum Gasteiger partial charge on any atom is 0.249 e. The van der Waals surface area contributed by atoms with Gasteiger partial charge < -0.3 is 4.42 Å². The Kier molecular flexibility index (Phi) is 3.28. The molecule has 5 rings (SSSR count). The van der Waals surface area contributed by atoms with Gasteiger partial charge in [0.1, 0.15) is 5.52 Å². The Morgan fingerprint density at radius 2 is 1.35 bits per heavy atom. The molecule has 0 amide bonds. The van der Waals surface area contributed by atoms with Gasteiger partial charge in [0.15, 0.2) is 5.52 Å². The quantitative estimate of drug-likeness (QED) is 0.432. The molecule has 0 fully saturated rings. The lowest BCUT2D eigenvalue weighted by Gasteiger charge is -2.05. The van der Waals surface area contributed by atoms with Crippen LogP contribution in [0.1, 0.15) is 5.69 Å². The molecule has 5 aromatic rings. The predicted molar refractivity (Wildman–Crippen MR) is 103 cm³/mol. The molecule has 0 aliphatic heterocycles. The van der Waals surface area contributed by atoms with Crippen molar-refractivity contribution in [3.63, 3.8) is 0 Å². The zero-order valence-electron chi connectivity index (χ0n) is 14.2. The fourth-order valence-corrected chi connectivity index (χ4v) is 3.16. The summed E-state index contributed by atoms with van der Waals surface area (Å²) in [4.78, 5) is 14.2. The van der Waals surface area contributed by atoms with E-state index in [9.17, 15) is 0 Å². The summed E-state index contributed by atoms with van der Waals surface area (Å²) in [5.41, 5.74) is 5.83. The van der Waals surface area contributed by atoms with E-state index in [1.54, 1.807) is 0 Å². The van der Waals surface area contributed by atoms with Crippen LogP contribution in [0.5, 0.6) is 0 Å². The molecule has 2 aromatic carbocycles. The van der Waals surface area contributed by atoms with Gasteiger partial charge in [-0.05, 0) is 31.2 Å². The number of rotatable bonds is 2. The fourth-order valence-electron chi connectivity index (χ4n) is 3.16. The molecule has 0 N–H and O–H groups in total. The van der Waals surface area contributed by atoms with E-state index in [0.717, 1.165) is 33.4 Å². The highest BCUT2D eigenvalue weighted by atomic mass is 16.4. The number of benzene rings is 2. The first-order valence-electron chi connectivity index (χ1n) is 8.48. The molecular formula is C22H15N3O. The topological polar surface area (TPSA) is 51.8 Å². The number of hydrogen-bond donors (Lipinski definition) is 0. The average molecular weight is 337 g/mol. The monoisotopic (exact) mass is 337 g/mol. The smallest absolute Gasteiger partial charge is 0.249 e. The molecule has 0 unspecified atom stereocenters. The molecule has 0 radical (unpaired) electrons. The van der Waals surface area contributed by atoms with E-state index >= 15 is 0 Å². The number of aryl methyl sites for hydroxylation is 1. The van der Waals surface area contributed by atoms with E-state index in [4.69, 9.17) is 14.4 Å². The molecular weight excluding hydrogens is 322 g/mol. The van der Waals surface area contributed by atoms with Crippen LogP contribution in [-0.4, -0.2) is 15.0 Å². The molecule has 3 heterocycles. The summed E-state index contributed by atoms with van der Waals surface area (Å²) in [7, 11) is 0. The zero-order chi connectivity index (χ0) is 17.5. The van der Waals surface area contributed by atoms with Gasteiger partial charge in [0, 0.05) is 16.5 Å². The molecule has 0 bridgehead atoms. The minimum Gasteiger partial charge on any atom is -0.418 e. The van der Waals surface area contributed by atoms with Crippen LogP contribution in [-0.2, 0) is 0 Å². The Morgan fingerprint density at radius 3 is 2.08 bits per heavy atom. The van der Waals surface area contributed by atoms with Gasteiger partial charge in [0.05, 0.1) is 11.4 Å². The number of oxazole rings is 1. The summed E-state index contributed by atoms with van der Waals surface area (Å²) in [6.07, 6.45) is 0. The van der Waals surface area contributed by atoms with Gasteiger partial charge in [-0.25, -0.2) is 15.0 Å². The van der Waals surface area contributed by atoms with Gasteiger partial charge in [-0.2, -0.15) is 0 Å². The molecule has 3 aromatic heterocycles. The molecule has 26 heavy (non-hydrogen) atoms. The number of nitrogens with zero attached hydrogens (tertiary/aromatic N) is 3. The SMILES string of the molecule is Cc1nc2oc(-c3ccccc3)nc2c2nc(-c3ccccc3)ccc12. The zero-order valence-corrected chi connectivity index (χ0v) is 14.2. The lowest BCUT2D eigenvalue weighted by Crippen LogP contribution is -1.91. The number of pyridine rings is 2. The first kappa shape index (κ1) is 14.8. The molecule has 0 aliphatic carbocycles. The van der Waals surface area contributed by atoms with Gasteiger partial charge in [0.25, 0.3) is 0 Å². The number of fused-ring (bicyclic) bond motifs is 3. The maximum absolute atomic E-state index is 5.93. The normalized spacial score (nSPS) is 11.3. The molecule has 0 saturated carbocycles. The van der Waals surface area contributed by atoms with Gasteiger partial charge in [-0.3, -0.25) is 0 Å². The third kappa shape index (κ3) is 2.35. The van der Waals surface area contributed by atoms with E-state index in [0.29, 0.717) is 17.1 Å². The van der Waals surface area contributed by atoms with Gasteiger partial charge in [0.2, 0.25) is 11.6 Å². The van der Waals surface area contributed by atoms with E-state index in [2.05, 4.69) is 23.2 Å². The molecule has 0 saturated heterocycles. The second kappa shape index (κ2) is 5.77. The third-order valence-electron chi connectivity index (χ3n) is 4.48. The van der Waals surface area contributed by atoms with Crippen LogP contribution in [0.3, 0.4) is 0 Å². The summed E-state index contributed by atoms with van der Waals surface area (Å²) >= 11 is 0. The summed E-state index contributed by atoms with van der Waals surface area (Å²) in [6.45, 7) is 1.97. The van der Waals surface area contributed by atoms with Gasteiger partial charge in [-0.1, -0.05) is 48.5 Å². The Hall–Kier alpha value is -3.53. The molecule has 124 valence electrons. The van der Waals surface area contributed by atoms with Crippen molar-refractivity contribution >= 4 is 22.1 Å². The van der Waals surface area contributed by atoms with Crippen molar-refractivity contribution < 1.29 is 4.42 Å². The Morgan fingerprint density at radius 1 is 0.654 bits per heavy atom. The Bertz CT molecular complexity index is 1230. The van der Waals surface area contributed by atoms with Crippen molar-refractivity contribution in [2.24, 2.45) is 0 Å². The van der Waals surface area contributed by atoms with Crippen molar-refractivity contribution in [1.82, 2.24) is 15.0 Å². The highest BCUT2D eigenvalue weighted by Gasteiger charge is 2.16. The van der Waals surface area contributed by atoms with Crippen LogP contribution in [0.2, 0.25) is 0 Å². The van der Waals surface area contributed by atoms with Gasteiger partial charge >= 0.3 is 0 Å². The van der Waals surface area contributed by atoms with Crippen LogP contribution in [0.25, 0.3) is 44.8 Å². The van der Waals surface area contributed by atoms with Crippen molar-refractivity contribution in [3.05, 3.63) is 78.5 Å². The lowest BCUT2D eigenvalue weighted by molar-refractivity contribution is 0.607. The maximum atomic E-state index is 5.93. The average Bonchev–Trinajstić information content (AvgIpc) is 3.13.